The predicted molar refractivity (Wildman–Crippen MR) is 98.1 cm³/mol. The van der Waals surface area contributed by atoms with E-state index in [9.17, 15) is 9.90 Å². The fraction of sp³-hybridized carbons (Fsp3) is 0.650. The van der Waals surface area contributed by atoms with Crippen molar-refractivity contribution in [3.05, 3.63) is 17.7 Å². The minimum atomic E-state index is -0.756. The summed E-state index contributed by atoms with van der Waals surface area (Å²) in [5, 5.41) is 13.4. The van der Waals surface area contributed by atoms with Crippen molar-refractivity contribution < 1.29 is 24.1 Å². The number of carbonyl (C=O) groups is 1. The molecule has 0 aliphatic carbocycles. The lowest BCUT2D eigenvalue weighted by atomic mass is 9.76. The molecule has 2 aliphatic rings. The number of nitrogens with one attached hydrogen (secondary N) is 1. The Morgan fingerprint density at radius 1 is 1.38 bits per heavy atom. The molecule has 1 aromatic carbocycles. The summed E-state index contributed by atoms with van der Waals surface area (Å²) in [6.07, 6.45) is 3.02. The fourth-order valence-corrected chi connectivity index (χ4v) is 4.42. The van der Waals surface area contributed by atoms with Crippen LogP contribution >= 0.6 is 0 Å². The molecule has 144 valence electrons. The van der Waals surface area contributed by atoms with Crippen LogP contribution in [0.25, 0.3) is 0 Å². The van der Waals surface area contributed by atoms with Gasteiger partial charge in [0.1, 0.15) is 0 Å². The van der Waals surface area contributed by atoms with Crippen molar-refractivity contribution in [2.24, 2.45) is 11.3 Å². The minimum Gasteiger partial charge on any atom is -0.493 e. The summed E-state index contributed by atoms with van der Waals surface area (Å²) in [4.78, 5) is 12.1. The zero-order valence-corrected chi connectivity index (χ0v) is 16.0. The maximum atomic E-state index is 12.1. The lowest BCUT2D eigenvalue weighted by molar-refractivity contribution is -0.142. The van der Waals surface area contributed by atoms with Crippen LogP contribution in [0.4, 0.5) is 0 Å². The van der Waals surface area contributed by atoms with Gasteiger partial charge < -0.3 is 24.6 Å². The Morgan fingerprint density at radius 2 is 2.15 bits per heavy atom. The molecular formula is C20H29NO5. The number of hydrogen-bond acceptors (Lipinski definition) is 5. The van der Waals surface area contributed by atoms with Gasteiger partial charge in [0, 0.05) is 18.5 Å². The first-order valence-electron chi connectivity index (χ1n) is 9.30. The molecule has 0 saturated carbocycles. The molecule has 3 rings (SSSR count). The van der Waals surface area contributed by atoms with Crippen LogP contribution in [0.3, 0.4) is 0 Å². The van der Waals surface area contributed by atoms with Gasteiger partial charge in [-0.25, -0.2) is 0 Å². The Labute approximate surface area is 154 Å². The van der Waals surface area contributed by atoms with Gasteiger partial charge in [-0.1, -0.05) is 27.2 Å². The predicted octanol–water partition coefficient (Wildman–Crippen LogP) is 3.40. The van der Waals surface area contributed by atoms with E-state index in [0.717, 1.165) is 24.8 Å². The molecule has 0 radical (unpaired) electrons. The van der Waals surface area contributed by atoms with E-state index < -0.39 is 11.9 Å². The molecule has 2 heterocycles. The van der Waals surface area contributed by atoms with E-state index in [1.807, 2.05) is 12.1 Å². The quantitative estimate of drug-likeness (QED) is 0.773. The number of carboxylic acid groups (broad SMARTS) is 1. The van der Waals surface area contributed by atoms with E-state index in [2.05, 4.69) is 26.1 Å². The molecule has 1 saturated heterocycles. The first-order chi connectivity index (χ1) is 12.4. The maximum absolute atomic E-state index is 12.1. The highest BCUT2D eigenvalue weighted by Crippen LogP contribution is 2.46. The standard InChI is InChI=1S/C20H29NO5/c1-5-6-20(2,3)9-14-17(19(22)23)13(10-21-14)12-7-15(24-4)18-16(8-12)25-11-26-18/h7-8,13-14,17,21H,5-6,9-11H2,1-4H3,(H,22,23)/t13?,14-,17?/m0/s1. The third kappa shape index (κ3) is 3.61. The van der Waals surface area contributed by atoms with Gasteiger partial charge in [-0.05, 0) is 36.0 Å². The molecule has 3 atom stereocenters. The Morgan fingerprint density at radius 3 is 2.81 bits per heavy atom. The van der Waals surface area contributed by atoms with Gasteiger partial charge in [0.2, 0.25) is 12.5 Å². The maximum Gasteiger partial charge on any atom is 0.308 e. The second-order valence-electron chi connectivity index (χ2n) is 8.06. The number of benzene rings is 1. The number of ether oxygens (including phenoxy) is 3. The molecule has 2 aliphatic heterocycles. The van der Waals surface area contributed by atoms with Crippen LogP contribution in [0.1, 0.15) is 51.5 Å². The number of rotatable bonds is 7. The molecule has 0 bridgehead atoms. The van der Waals surface area contributed by atoms with Gasteiger partial charge in [-0.15, -0.1) is 0 Å². The van der Waals surface area contributed by atoms with Crippen LogP contribution in [0, 0.1) is 11.3 Å². The van der Waals surface area contributed by atoms with Crippen molar-refractivity contribution >= 4 is 5.97 Å². The lowest BCUT2D eigenvalue weighted by Crippen LogP contribution is -2.36. The van der Waals surface area contributed by atoms with Gasteiger partial charge >= 0.3 is 5.97 Å². The number of carboxylic acids is 1. The number of methoxy groups -OCH3 is 1. The van der Waals surface area contributed by atoms with E-state index in [1.54, 1.807) is 7.11 Å². The molecule has 1 fully saturated rings. The van der Waals surface area contributed by atoms with E-state index in [-0.39, 0.29) is 24.2 Å². The van der Waals surface area contributed by atoms with Crippen LogP contribution in [0.2, 0.25) is 0 Å². The van der Waals surface area contributed by atoms with Crippen molar-refractivity contribution in [1.82, 2.24) is 5.32 Å². The Kier molecular flexibility index (Phi) is 5.32. The summed E-state index contributed by atoms with van der Waals surface area (Å²) in [5.41, 5.74) is 1.03. The molecule has 6 heteroatoms. The van der Waals surface area contributed by atoms with Gasteiger partial charge in [-0.2, -0.15) is 0 Å². The molecule has 2 unspecified atom stereocenters. The van der Waals surface area contributed by atoms with Crippen LogP contribution in [-0.2, 0) is 4.79 Å². The van der Waals surface area contributed by atoms with Crippen molar-refractivity contribution in [3.8, 4) is 17.2 Å². The van der Waals surface area contributed by atoms with Crippen molar-refractivity contribution in [1.29, 1.82) is 0 Å². The monoisotopic (exact) mass is 363 g/mol. The molecule has 1 aromatic rings. The summed E-state index contributed by atoms with van der Waals surface area (Å²) in [7, 11) is 1.58. The van der Waals surface area contributed by atoms with Crippen LogP contribution in [-0.4, -0.2) is 37.6 Å². The topological polar surface area (TPSA) is 77.0 Å². The van der Waals surface area contributed by atoms with Crippen molar-refractivity contribution in [2.45, 2.75) is 52.0 Å². The molecule has 6 nitrogen and oxygen atoms in total. The molecule has 26 heavy (non-hydrogen) atoms. The molecule has 0 spiro atoms. The third-order valence-corrected chi connectivity index (χ3v) is 5.56. The van der Waals surface area contributed by atoms with E-state index in [0.29, 0.717) is 23.8 Å². The lowest BCUT2D eigenvalue weighted by Gasteiger charge is -2.30. The smallest absolute Gasteiger partial charge is 0.308 e. The first kappa shape index (κ1) is 18.8. The van der Waals surface area contributed by atoms with Crippen LogP contribution in [0.5, 0.6) is 17.2 Å². The van der Waals surface area contributed by atoms with Gasteiger partial charge in [0.25, 0.3) is 0 Å². The summed E-state index contributed by atoms with van der Waals surface area (Å²) in [5.74, 6) is 0.449. The second-order valence-corrected chi connectivity index (χ2v) is 8.06. The molecule has 0 aromatic heterocycles. The first-order valence-corrected chi connectivity index (χ1v) is 9.30. The normalized spacial score (nSPS) is 24.7. The fourth-order valence-electron chi connectivity index (χ4n) is 4.42. The van der Waals surface area contributed by atoms with Gasteiger partial charge in [-0.3, -0.25) is 4.79 Å². The van der Waals surface area contributed by atoms with Crippen molar-refractivity contribution in [3.63, 3.8) is 0 Å². The average Bonchev–Trinajstić information content (AvgIpc) is 3.19. The largest absolute Gasteiger partial charge is 0.493 e. The van der Waals surface area contributed by atoms with Crippen molar-refractivity contribution in [2.75, 3.05) is 20.4 Å². The Hall–Kier alpha value is -1.95. The highest BCUT2D eigenvalue weighted by atomic mass is 16.7. The zero-order valence-electron chi connectivity index (χ0n) is 16.0. The number of hydrogen-bond donors (Lipinski definition) is 2. The molecule has 2 N–H and O–H groups in total. The highest BCUT2D eigenvalue weighted by molar-refractivity contribution is 5.73. The number of aliphatic carboxylic acids is 1. The number of fused-ring (bicyclic) bond motifs is 1. The Bertz CT molecular complexity index is 672. The summed E-state index contributed by atoms with van der Waals surface area (Å²) >= 11 is 0. The zero-order chi connectivity index (χ0) is 18.9. The van der Waals surface area contributed by atoms with E-state index in [4.69, 9.17) is 14.2 Å². The molecular weight excluding hydrogens is 334 g/mol. The summed E-state index contributed by atoms with van der Waals surface area (Å²) in [6.45, 7) is 7.39. The van der Waals surface area contributed by atoms with Gasteiger partial charge in [0.15, 0.2) is 11.5 Å². The van der Waals surface area contributed by atoms with Crippen LogP contribution < -0.4 is 19.5 Å². The molecule has 0 amide bonds. The summed E-state index contributed by atoms with van der Waals surface area (Å²) in [6, 6.07) is 3.73. The average molecular weight is 363 g/mol. The van der Waals surface area contributed by atoms with Crippen LogP contribution in [0.15, 0.2) is 12.1 Å². The van der Waals surface area contributed by atoms with E-state index in [1.165, 1.54) is 0 Å². The minimum absolute atomic E-state index is 0.0459. The van der Waals surface area contributed by atoms with Gasteiger partial charge in [0.05, 0.1) is 13.0 Å². The SMILES string of the molecule is CCCC(C)(C)C[C@@H]1NCC(c2cc(OC)c3c(c2)OCO3)C1C(=O)O. The second kappa shape index (κ2) is 7.35. The highest BCUT2D eigenvalue weighted by Gasteiger charge is 2.44. The third-order valence-electron chi connectivity index (χ3n) is 5.56. The van der Waals surface area contributed by atoms with E-state index >= 15 is 0 Å². The Balaban J connectivity index is 1.87. The summed E-state index contributed by atoms with van der Waals surface area (Å²) < 4.78 is 16.4.